The second-order valence-corrected chi connectivity index (χ2v) is 5.44. The molecule has 104 valence electrons. The fourth-order valence-electron chi connectivity index (χ4n) is 1.97. The van der Waals surface area contributed by atoms with Crippen molar-refractivity contribution in [2.75, 3.05) is 5.32 Å². The molecule has 0 aliphatic rings. The highest BCUT2D eigenvalue weighted by atomic mass is 79.9. The van der Waals surface area contributed by atoms with Crippen LogP contribution in [0.4, 0.5) is 5.69 Å². The van der Waals surface area contributed by atoms with Gasteiger partial charge in [-0.05, 0) is 41.9 Å². The predicted molar refractivity (Wildman–Crippen MR) is 81.1 cm³/mol. The summed E-state index contributed by atoms with van der Waals surface area (Å²) in [5.41, 5.74) is 6.39. The Morgan fingerprint density at radius 1 is 1.30 bits per heavy atom. The zero-order chi connectivity index (χ0) is 14.8. The molecule has 1 unspecified atom stereocenters. The van der Waals surface area contributed by atoms with Gasteiger partial charge in [-0.3, -0.25) is 14.8 Å². The molecule has 1 aromatic heterocycles. The van der Waals surface area contributed by atoms with Crippen molar-refractivity contribution in [3.05, 3.63) is 52.5 Å². The third kappa shape index (κ3) is 2.65. The predicted octanol–water partition coefficient (Wildman–Crippen LogP) is 2.36. The van der Waals surface area contributed by atoms with E-state index in [9.17, 15) is 4.79 Å². The normalized spacial score (nSPS) is 13.6. The Bertz CT molecular complexity index is 647. The first-order valence-corrected chi connectivity index (χ1v) is 6.85. The summed E-state index contributed by atoms with van der Waals surface area (Å²) in [6, 6.07) is 7.51. The maximum absolute atomic E-state index is 12.0. The van der Waals surface area contributed by atoms with Crippen molar-refractivity contribution in [1.29, 1.82) is 0 Å². The molecule has 1 aromatic carbocycles. The van der Waals surface area contributed by atoms with Gasteiger partial charge in [0.2, 0.25) is 5.91 Å². The van der Waals surface area contributed by atoms with Crippen LogP contribution in [0.3, 0.4) is 0 Å². The van der Waals surface area contributed by atoms with Gasteiger partial charge < -0.3 is 11.1 Å². The number of hydrogen-bond donors (Lipinski definition) is 2. The molecule has 1 atom stereocenters. The minimum absolute atomic E-state index is 0.517. The molecule has 0 fully saturated rings. The first-order chi connectivity index (χ1) is 9.45. The van der Waals surface area contributed by atoms with Crippen LogP contribution in [-0.2, 0) is 10.3 Å². The number of anilines is 1. The Kier molecular flexibility index (Phi) is 4.04. The van der Waals surface area contributed by atoms with Crippen molar-refractivity contribution in [2.24, 2.45) is 5.73 Å². The molecule has 0 radical (unpaired) electrons. The van der Waals surface area contributed by atoms with Gasteiger partial charge in [-0.25, -0.2) is 0 Å². The Morgan fingerprint density at radius 3 is 2.55 bits per heavy atom. The van der Waals surface area contributed by atoms with Crippen LogP contribution in [0.1, 0.15) is 18.3 Å². The second kappa shape index (κ2) is 5.58. The average Bonchev–Trinajstić information content (AvgIpc) is 2.41. The number of nitrogens with zero attached hydrogens (tertiary/aromatic N) is 2. The van der Waals surface area contributed by atoms with E-state index in [0.29, 0.717) is 11.4 Å². The number of aromatic nitrogens is 2. The molecule has 0 aliphatic heterocycles. The molecule has 5 nitrogen and oxygen atoms in total. The minimum atomic E-state index is -1.14. The summed E-state index contributed by atoms with van der Waals surface area (Å²) in [5, 5.41) is 3.16. The van der Waals surface area contributed by atoms with Gasteiger partial charge in [0.1, 0.15) is 0 Å². The number of amides is 1. The lowest BCUT2D eigenvalue weighted by molar-refractivity contribution is -0.122. The van der Waals surface area contributed by atoms with Gasteiger partial charge in [-0.2, -0.15) is 0 Å². The monoisotopic (exact) mass is 334 g/mol. The maximum atomic E-state index is 12.0. The van der Waals surface area contributed by atoms with Gasteiger partial charge in [0, 0.05) is 22.6 Å². The molecule has 6 heteroatoms. The number of nitrogens with one attached hydrogen (secondary N) is 1. The lowest BCUT2D eigenvalue weighted by atomic mass is 9.94. The van der Waals surface area contributed by atoms with Crippen LogP contribution in [0.15, 0.2) is 41.1 Å². The summed E-state index contributed by atoms with van der Waals surface area (Å²) in [6.07, 6.45) is 3.13. The summed E-state index contributed by atoms with van der Waals surface area (Å²) in [5.74, 6) is -0.517. The summed E-state index contributed by atoms with van der Waals surface area (Å²) in [7, 11) is 0. The number of carbonyl (C=O) groups excluding carboxylic acids is 1. The number of aryl methyl sites for hydroxylation is 1. The number of benzene rings is 1. The van der Waals surface area contributed by atoms with Crippen LogP contribution in [0.5, 0.6) is 0 Å². The minimum Gasteiger partial charge on any atom is -0.367 e. The highest BCUT2D eigenvalue weighted by molar-refractivity contribution is 9.10. The zero-order valence-electron chi connectivity index (χ0n) is 11.2. The van der Waals surface area contributed by atoms with Crippen LogP contribution >= 0.6 is 15.9 Å². The van der Waals surface area contributed by atoms with E-state index in [1.807, 2.05) is 24.3 Å². The van der Waals surface area contributed by atoms with E-state index in [1.165, 1.54) is 0 Å². The average molecular weight is 335 g/mol. The molecule has 0 bridgehead atoms. The first-order valence-electron chi connectivity index (χ1n) is 6.06. The molecule has 2 aromatic rings. The largest absolute Gasteiger partial charge is 0.367 e. The Morgan fingerprint density at radius 2 is 1.95 bits per heavy atom. The topological polar surface area (TPSA) is 80.9 Å². The molecular formula is C14H15BrN4O. The van der Waals surface area contributed by atoms with Crippen molar-refractivity contribution in [3.8, 4) is 0 Å². The van der Waals surface area contributed by atoms with Crippen LogP contribution in [0.2, 0.25) is 0 Å². The van der Waals surface area contributed by atoms with Crippen molar-refractivity contribution in [1.82, 2.24) is 9.97 Å². The van der Waals surface area contributed by atoms with Crippen LogP contribution < -0.4 is 11.1 Å². The van der Waals surface area contributed by atoms with Gasteiger partial charge in [-0.1, -0.05) is 12.1 Å². The fourth-order valence-corrected chi connectivity index (χ4v) is 2.35. The van der Waals surface area contributed by atoms with Crippen LogP contribution in [-0.4, -0.2) is 15.9 Å². The Balaban J connectivity index is 2.49. The number of primary amides is 1. The Labute approximate surface area is 125 Å². The fraction of sp³-hybridized carbons (Fsp3) is 0.214. The van der Waals surface area contributed by atoms with Gasteiger partial charge in [0.15, 0.2) is 5.54 Å². The third-order valence-electron chi connectivity index (χ3n) is 3.11. The van der Waals surface area contributed by atoms with E-state index in [1.54, 1.807) is 26.2 Å². The van der Waals surface area contributed by atoms with Gasteiger partial charge in [0.05, 0.1) is 11.4 Å². The molecular weight excluding hydrogens is 320 g/mol. The van der Waals surface area contributed by atoms with E-state index < -0.39 is 11.4 Å². The highest BCUT2D eigenvalue weighted by Gasteiger charge is 2.36. The third-order valence-corrected chi connectivity index (χ3v) is 3.80. The summed E-state index contributed by atoms with van der Waals surface area (Å²) >= 11 is 3.44. The van der Waals surface area contributed by atoms with Gasteiger partial charge in [0.25, 0.3) is 0 Å². The summed E-state index contributed by atoms with van der Waals surface area (Å²) in [4.78, 5) is 20.4. The second-order valence-electron chi connectivity index (χ2n) is 4.58. The van der Waals surface area contributed by atoms with Gasteiger partial charge >= 0.3 is 0 Å². The van der Waals surface area contributed by atoms with Crippen molar-refractivity contribution in [2.45, 2.75) is 19.4 Å². The van der Waals surface area contributed by atoms with E-state index in [4.69, 9.17) is 5.73 Å². The quantitative estimate of drug-likeness (QED) is 0.899. The Hall–Kier alpha value is -1.95. The SMILES string of the molecule is Cc1nccnc1C(C)(Nc1ccccc1Br)C(N)=O. The number of carbonyl (C=O) groups is 1. The van der Waals surface area contributed by atoms with Crippen LogP contribution in [0, 0.1) is 6.92 Å². The molecule has 20 heavy (non-hydrogen) atoms. The molecule has 2 rings (SSSR count). The van der Waals surface area contributed by atoms with Crippen LogP contribution in [0.25, 0.3) is 0 Å². The highest BCUT2D eigenvalue weighted by Crippen LogP contribution is 2.30. The molecule has 1 heterocycles. The smallest absolute Gasteiger partial charge is 0.249 e. The standard InChI is InChI=1S/C14H15BrN4O/c1-9-12(18-8-7-17-9)14(2,13(16)20)19-11-6-4-3-5-10(11)15/h3-8,19H,1-2H3,(H2,16,20). The van der Waals surface area contributed by atoms with Gasteiger partial charge in [-0.15, -0.1) is 0 Å². The molecule has 1 amide bonds. The first kappa shape index (κ1) is 14.5. The molecule has 0 aliphatic carbocycles. The number of nitrogens with two attached hydrogens (primary N) is 1. The van der Waals surface area contributed by atoms with Crippen molar-refractivity contribution >= 4 is 27.5 Å². The van der Waals surface area contributed by atoms with E-state index in [2.05, 4.69) is 31.2 Å². The number of para-hydroxylation sites is 1. The molecule has 0 saturated heterocycles. The van der Waals surface area contributed by atoms with Crippen molar-refractivity contribution in [3.63, 3.8) is 0 Å². The maximum Gasteiger partial charge on any atom is 0.249 e. The zero-order valence-corrected chi connectivity index (χ0v) is 12.8. The lowest BCUT2D eigenvalue weighted by Gasteiger charge is -2.29. The lowest BCUT2D eigenvalue weighted by Crippen LogP contribution is -2.46. The molecule has 0 saturated carbocycles. The van der Waals surface area contributed by atoms with E-state index in [-0.39, 0.29) is 0 Å². The number of halogens is 1. The molecule has 0 spiro atoms. The number of hydrogen-bond acceptors (Lipinski definition) is 4. The summed E-state index contributed by atoms with van der Waals surface area (Å²) in [6.45, 7) is 3.50. The summed E-state index contributed by atoms with van der Waals surface area (Å²) < 4.78 is 0.842. The van der Waals surface area contributed by atoms with E-state index in [0.717, 1.165) is 10.2 Å². The van der Waals surface area contributed by atoms with E-state index >= 15 is 0 Å². The van der Waals surface area contributed by atoms with Crippen molar-refractivity contribution < 1.29 is 4.79 Å². The number of rotatable bonds is 4. The molecule has 3 N–H and O–H groups in total.